The number of aryl methyl sites for hydroxylation is 1. The van der Waals surface area contributed by atoms with Crippen LogP contribution in [-0.4, -0.2) is 80.8 Å². The van der Waals surface area contributed by atoms with Gasteiger partial charge >= 0.3 is 0 Å². The van der Waals surface area contributed by atoms with Crippen LogP contribution in [0.2, 0.25) is 0 Å². The minimum absolute atomic E-state index is 0.0661. The number of nitrogens with zero attached hydrogens (tertiary/aromatic N) is 7. The Bertz CT molecular complexity index is 1300. The SMILES string of the molecule is COc1cccc(-c2c3c(=O)n(CCCN4CCN(C)CC4)ccc3nc3ncnn23)c1. The molecule has 0 radical (unpaired) electrons. The van der Waals surface area contributed by atoms with Gasteiger partial charge in [-0.25, -0.2) is 4.98 Å². The van der Waals surface area contributed by atoms with Crippen molar-refractivity contribution >= 4 is 16.7 Å². The monoisotopic (exact) mass is 433 g/mol. The minimum atomic E-state index is -0.0661. The van der Waals surface area contributed by atoms with E-state index in [2.05, 4.69) is 31.9 Å². The fourth-order valence-corrected chi connectivity index (χ4v) is 4.31. The minimum Gasteiger partial charge on any atom is -0.497 e. The summed E-state index contributed by atoms with van der Waals surface area (Å²) in [7, 11) is 3.79. The van der Waals surface area contributed by atoms with Crippen LogP contribution in [0, 0.1) is 0 Å². The van der Waals surface area contributed by atoms with Crippen molar-refractivity contribution in [2.45, 2.75) is 13.0 Å². The number of methoxy groups -OCH3 is 1. The fraction of sp³-hybridized carbons (Fsp3) is 0.391. The van der Waals surface area contributed by atoms with Crippen molar-refractivity contribution < 1.29 is 4.74 Å². The van der Waals surface area contributed by atoms with E-state index in [1.165, 1.54) is 6.33 Å². The number of hydrogen-bond acceptors (Lipinski definition) is 7. The Balaban J connectivity index is 1.52. The molecule has 9 heteroatoms. The van der Waals surface area contributed by atoms with Gasteiger partial charge in [-0.05, 0) is 38.2 Å². The van der Waals surface area contributed by atoms with Crippen LogP contribution in [0.5, 0.6) is 5.75 Å². The average Bonchev–Trinajstić information content (AvgIpc) is 3.29. The molecule has 1 fully saturated rings. The fourth-order valence-electron chi connectivity index (χ4n) is 4.31. The number of fused-ring (bicyclic) bond motifs is 2. The van der Waals surface area contributed by atoms with Crippen molar-refractivity contribution in [3.8, 4) is 17.0 Å². The van der Waals surface area contributed by atoms with Crippen LogP contribution in [0.1, 0.15) is 6.42 Å². The molecule has 0 atom stereocenters. The normalized spacial score (nSPS) is 15.6. The van der Waals surface area contributed by atoms with Gasteiger partial charge in [-0.3, -0.25) is 4.79 Å². The number of ether oxygens (including phenoxy) is 1. The zero-order valence-corrected chi connectivity index (χ0v) is 18.4. The average molecular weight is 434 g/mol. The highest BCUT2D eigenvalue weighted by molar-refractivity contribution is 5.93. The van der Waals surface area contributed by atoms with Gasteiger partial charge in [-0.2, -0.15) is 14.6 Å². The first-order valence-electron chi connectivity index (χ1n) is 10.9. The summed E-state index contributed by atoms with van der Waals surface area (Å²) in [5, 5.41) is 4.88. The first kappa shape index (κ1) is 20.6. The lowest BCUT2D eigenvalue weighted by Crippen LogP contribution is -2.44. The molecule has 9 nitrogen and oxygen atoms in total. The zero-order chi connectivity index (χ0) is 22.1. The lowest BCUT2D eigenvalue weighted by molar-refractivity contribution is 0.151. The molecule has 166 valence electrons. The second-order valence-electron chi connectivity index (χ2n) is 8.24. The molecule has 1 aliphatic rings. The summed E-state index contributed by atoms with van der Waals surface area (Å²) in [5.74, 6) is 1.17. The molecule has 3 aromatic heterocycles. The lowest BCUT2D eigenvalue weighted by atomic mass is 10.1. The summed E-state index contributed by atoms with van der Waals surface area (Å²) in [5.41, 5.74) is 2.06. The summed E-state index contributed by atoms with van der Waals surface area (Å²) in [6.07, 6.45) is 4.21. The second-order valence-corrected chi connectivity index (χ2v) is 8.24. The Hall–Kier alpha value is -3.30. The predicted molar refractivity (Wildman–Crippen MR) is 123 cm³/mol. The number of likely N-dealkylation sites (N-methyl/N-ethyl adjacent to an activating group) is 1. The number of rotatable bonds is 6. The van der Waals surface area contributed by atoms with E-state index < -0.39 is 0 Å². The Morgan fingerprint density at radius 3 is 2.75 bits per heavy atom. The summed E-state index contributed by atoms with van der Waals surface area (Å²) >= 11 is 0. The van der Waals surface area contributed by atoms with Crippen LogP contribution >= 0.6 is 0 Å². The molecular formula is C23H27N7O2. The van der Waals surface area contributed by atoms with Crippen LogP contribution in [0.4, 0.5) is 0 Å². The van der Waals surface area contributed by atoms with Crippen molar-refractivity contribution in [2.75, 3.05) is 46.9 Å². The maximum absolute atomic E-state index is 13.6. The Labute approximate surface area is 185 Å². The van der Waals surface area contributed by atoms with E-state index >= 15 is 0 Å². The molecular weight excluding hydrogens is 406 g/mol. The van der Waals surface area contributed by atoms with Crippen LogP contribution in [0.15, 0.2) is 47.7 Å². The largest absolute Gasteiger partial charge is 0.497 e. The molecule has 0 saturated carbocycles. The molecule has 1 aliphatic heterocycles. The second kappa shape index (κ2) is 8.68. The molecule has 0 spiro atoms. The van der Waals surface area contributed by atoms with Gasteiger partial charge in [0.1, 0.15) is 12.1 Å². The summed E-state index contributed by atoms with van der Waals surface area (Å²) in [6.45, 7) is 6.00. The van der Waals surface area contributed by atoms with Gasteiger partial charge in [-0.15, -0.1) is 0 Å². The Morgan fingerprint density at radius 1 is 1.09 bits per heavy atom. The lowest BCUT2D eigenvalue weighted by Gasteiger charge is -2.32. The Morgan fingerprint density at radius 2 is 1.94 bits per heavy atom. The molecule has 5 rings (SSSR count). The first-order valence-corrected chi connectivity index (χ1v) is 10.9. The highest BCUT2D eigenvalue weighted by Gasteiger charge is 2.18. The number of hydrogen-bond donors (Lipinski definition) is 0. The quantitative estimate of drug-likeness (QED) is 0.458. The molecule has 0 bridgehead atoms. The van der Waals surface area contributed by atoms with E-state index in [0.29, 0.717) is 34.7 Å². The zero-order valence-electron chi connectivity index (χ0n) is 18.4. The highest BCUT2D eigenvalue weighted by Crippen LogP contribution is 2.28. The van der Waals surface area contributed by atoms with Crippen molar-refractivity contribution in [1.29, 1.82) is 0 Å². The predicted octanol–water partition coefficient (Wildman–Crippen LogP) is 1.75. The van der Waals surface area contributed by atoms with Gasteiger partial charge in [0.25, 0.3) is 11.3 Å². The van der Waals surface area contributed by atoms with E-state index in [1.54, 1.807) is 16.2 Å². The summed E-state index contributed by atoms with van der Waals surface area (Å²) in [6, 6.07) is 9.52. The van der Waals surface area contributed by atoms with E-state index in [1.807, 2.05) is 36.5 Å². The number of piperazine rings is 1. The molecule has 0 unspecified atom stereocenters. The van der Waals surface area contributed by atoms with Gasteiger partial charge in [-0.1, -0.05) is 12.1 Å². The summed E-state index contributed by atoms with van der Waals surface area (Å²) < 4.78 is 8.82. The molecule has 1 aromatic carbocycles. The topological polar surface area (TPSA) is 80.8 Å². The molecule has 4 heterocycles. The van der Waals surface area contributed by atoms with Gasteiger partial charge < -0.3 is 19.1 Å². The summed E-state index contributed by atoms with van der Waals surface area (Å²) in [4.78, 5) is 27.2. The van der Waals surface area contributed by atoms with Crippen molar-refractivity contribution in [3.05, 3.63) is 53.2 Å². The maximum atomic E-state index is 13.6. The number of pyridine rings is 1. The molecule has 1 saturated heterocycles. The van der Waals surface area contributed by atoms with Crippen molar-refractivity contribution in [3.63, 3.8) is 0 Å². The van der Waals surface area contributed by atoms with E-state index in [9.17, 15) is 4.79 Å². The first-order chi connectivity index (χ1) is 15.6. The third-order valence-corrected chi connectivity index (χ3v) is 6.15. The third kappa shape index (κ3) is 3.85. The van der Waals surface area contributed by atoms with E-state index in [4.69, 9.17) is 4.74 Å². The van der Waals surface area contributed by atoms with Crippen molar-refractivity contribution in [1.82, 2.24) is 33.9 Å². The molecule has 0 N–H and O–H groups in total. The molecule has 0 amide bonds. The van der Waals surface area contributed by atoms with Gasteiger partial charge in [0.2, 0.25) is 0 Å². The van der Waals surface area contributed by atoms with E-state index in [0.717, 1.165) is 44.7 Å². The van der Waals surface area contributed by atoms with Gasteiger partial charge in [0.15, 0.2) is 0 Å². The molecule has 4 aromatic rings. The standard InChI is InChI=1S/C23H27N7O2/c1-27-11-13-28(14-12-27)8-4-9-29-10-7-19-20(22(29)31)21(30-23(26-19)24-16-25-30)17-5-3-6-18(15-17)32-2/h3,5-7,10,15-16H,4,8-9,11-14H2,1-2H3. The van der Waals surface area contributed by atoms with Crippen molar-refractivity contribution in [2.24, 2.45) is 0 Å². The number of benzene rings is 1. The van der Waals surface area contributed by atoms with Crippen LogP contribution in [0.25, 0.3) is 27.9 Å². The molecule has 32 heavy (non-hydrogen) atoms. The number of aromatic nitrogens is 5. The molecule has 0 aliphatic carbocycles. The Kier molecular flexibility index (Phi) is 5.59. The van der Waals surface area contributed by atoms with Crippen LogP contribution < -0.4 is 10.3 Å². The highest BCUT2D eigenvalue weighted by atomic mass is 16.5. The third-order valence-electron chi connectivity index (χ3n) is 6.15. The maximum Gasteiger partial charge on any atom is 0.262 e. The smallest absolute Gasteiger partial charge is 0.262 e. The van der Waals surface area contributed by atoms with Gasteiger partial charge in [0.05, 0.1) is 23.7 Å². The van der Waals surface area contributed by atoms with Crippen LogP contribution in [-0.2, 0) is 6.54 Å². The van der Waals surface area contributed by atoms with Gasteiger partial charge in [0, 0.05) is 44.5 Å². The van der Waals surface area contributed by atoms with E-state index in [-0.39, 0.29) is 5.56 Å². The van der Waals surface area contributed by atoms with Crippen LogP contribution in [0.3, 0.4) is 0 Å².